The van der Waals surface area contributed by atoms with Crippen LogP contribution in [-0.2, 0) is 12.1 Å². The van der Waals surface area contributed by atoms with Crippen LogP contribution in [0.5, 0.6) is 11.5 Å². The highest BCUT2D eigenvalue weighted by atomic mass is 79.9. The van der Waals surface area contributed by atoms with Crippen LogP contribution in [0.15, 0.2) is 59.3 Å². The zero-order valence-electron chi connectivity index (χ0n) is 20.7. The van der Waals surface area contributed by atoms with E-state index in [4.69, 9.17) is 4.74 Å². The van der Waals surface area contributed by atoms with E-state index in [9.17, 15) is 54.3 Å². The molecular formula is C25H16BrF9N2O5. The summed E-state index contributed by atoms with van der Waals surface area (Å²) in [6.45, 7) is -3.78. The molecule has 0 aliphatic heterocycles. The maximum Gasteiger partial charge on any atom is 0.435 e. The number of nitrogens with zero attached hydrogens (tertiary/aromatic N) is 1. The van der Waals surface area contributed by atoms with Crippen LogP contribution in [0.1, 0.15) is 31.8 Å². The van der Waals surface area contributed by atoms with Crippen molar-refractivity contribution in [1.82, 2.24) is 0 Å². The van der Waals surface area contributed by atoms with Crippen molar-refractivity contribution >= 4 is 33.3 Å². The topological polar surface area (TPSA) is 91.6 Å². The monoisotopic (exact) mass is 674 g/mol. The Morgan fingerprint density at radius 3 is 2.12 bits per heavy atom. The molecule has 0 saturated carbocycles. The number of pyridine rings is 1. The van der Waals surface area contributed by atoms with Crippen LogP contribution in [-0.4, -0.2) is 37.8 Å². The van der Waals surface area contributed by atoms with Crippen molar-refractivity contribution in [2.24, 2.45) is 0 Å². The van der Waals surface area contributed by atoms with Crippen LogP contribution in [0.4, 0.5) is 45.2 Å². The maximum absolute atomic E-state index is 14.6. The third-order valence-electron chi connectivity index (χ3n) is 5.72. The molecule has 1 heterocycles. The van der Waals surface area contributed by atoms with E-state index in [-0.39, 0.29) is 34.7 Å². The SMILES string of the molecule is COc1c(NC(=O)c2cc[n+]([O-])cc2)cccc1C(=O)Cc1c(Br)cc(C(F)(C(F)(F)F)C(F)(F)F)cc1OC(F)F. The number of halogens is 10. The van der Waals surface area contributed by atoms with Gasteiger partial charge in [0.25, 0.3) is 5.91 Å². The number of hydrogen-bond donors (Lipinski definition) is 1. The minimum absolute atomic E-state index is 0.0420. The molecule has 0 atom stereocenters. The van der Waals surface area contributed by atoms with E-state index in [1.54, 1.807) is 0 Å². The van der Waals surface area contributed by atoms with Crippen molar-refractivity contribution in [3.8, 4) is 11.5 Å². The average Bonchev–Trinajstić information content (AvgIpc) is 2.88. The molecule has 17 heteroatoms. The van der Waals surface area contributed by atoms with E-state index in [2.05, 4.69) is 26.0 Å². The van der Waals surface area contributed by atoms with Crippen LogP contribution in [0.2, 0.25) is 0 Å². The Morgan fingerprint density at radius 1 is 1.00 bits per heavy atom. The summed E-state index contributed by atoms with van der Waals surface area (Å²) in [5.74, 6) is -3.28. The smallest absolute Gasteiger partial charge is 0.435 e. The number of carbonyl (C=O) groups is 2. The van der Waals surface area contributed by atoms with Gasteiger partial charge in [-0.05, 0) is 24.3 Å². The van der Waals surface area contributed by atoms with Crippen molar-refractivity contribution in [2.75, 3.05) is 12.4 Å². The predicted molar refractivity (Wildman–Crippen MR) is 130 cm³/mol. The van der Waals surface area contributed by atoms with Gasteiger partial charge in [0, 0.05) is 34.2 Å². The first kappa shape index (κ1) is 32.5. The number of ether oxygens (including phenoxy) is 2. The molecule has 1 amide bonds. The van der Waals surface area contributed by atoms with E-state index in [1.165, 1.54) is 30.3 Å². The summed E-state index contributed by atoms with van der Waals surface area (Å²) < 4.78 is 129. The Bertz CT molecular complexity index is 1460. The summed E-state index contributed by atoms with van der Waals surface area (Å²) in [4.78, 5) is 25.8. The number of amides is 1. The van der Waals surface area contributed by atoms with Gasteiger partial charge < -0.3 is 20.0 Å². The predicted octanol–water partition coefficient (Wildman–Crippen LogP) is 6.66. The van der Waals surface area contributed by atoms with Gasteiger partial charge in [0.2, 0.25) is 0 Å². The molecule has 1 aromatic heterocycles. The summed E-state index contributed by atoms with van der Waals surface area (Å²) in [6, 6.07) is 6.01. The first-order valence-electron chi connectivity index (χ1n) is 11.2. The van der Waals surface area contributed by atoms with Gasteiger partial charge in [0.15, 0.2) is 23.9 Å². The van der Waals surface area contributed by atoms with E-state index < -0.39 is 64.1 Å². The molecule has 226 valence electrons. The second kappa shape index (κ2) is 12.1. The number of benzene rings is 2. The molecular weight excluding hydrogens is 659 g/mol. The molecule has 1 N–H and O–H groups in total. The third-order valence-corrected chi connectivity index (χ3v) is 6.43. The van der Waals surface area contributed by atoms with Crippen molar-refractivity contribution in [3.05, 3.63) is 86.8 Å². The van der Waals surface area contributed by atoms with Gasteiger partial charge in [-0.15, -0.1) is 0 Å². The summed E-state index contributed by atoms with van der Waals surface area (Å²) >= 11 is 2.64. The van der Waals surface area contributed by atoms with Crippen LogP contribution < -0.4 is 19.5 Å². The molecule has 0 spiro atoms. The zero-order chi connectivity index (χ0) is 31.6. The molecule has 0 aliphatic carbocycles. The van der Waals surface area contributed by atoms with Gasteiger partial charge in [-0.3, -0.25) is 9.59 Å². The maximum atomic E-state index is 14.6. The molecule has 0 aliphatic rings. The quantitative estimate of drug-likeness (QED) is 0.119. The largest absolute Gasteiger partial charge is 0.619 e. The molecule has 0 fully saturated rings. The summed E-state index contributed by atoms with van der Waals surface area (Å²) in [6.07, 6.45) is -12.0. The molecule has 0 bridgehead atoms. The van der Waals surface area contributed by atoms with Gasteiger partial charge in [-0.1, -0.05) is 22.0 Å². The van der Waals surface area contributed by atoms with Crippen LogP contribution >= 0.6 is 15.9 Å². The fourth-order valence-corrected chi connectivity index (χ4v) is 4.34. The number of Topliss-reactive ketones (excluding diaryl/α,β-unsaturated/α-hetero) is 1. The van der Waals surface area contributed by atoms with E-state index in [0.29, 0.717) is 4.73 Å². The number of nitrogens with one attached hydrogen (secondary N) is 1. The highest BCUT2D eigenvalue weighted by molar-refractivity contribution is 9.10. The summed E-state index contributed by atoms with van der Waals surface area (Å²) in [7, 11) is 1.11. The summed E-state index contributed by atoms with van der Waals surface area (Å²) in [5, 5.41) is 13.6. The Morgan fingerprint density at radius 2 is 1.60 bits per heavy atom. The average molecular weight is 675 g/mol. The second-order valence-electron chi connectivity index (χ2n) is 8.35. The number of hydrogen-bond acceptors (Lipinski definition) is 5. The van der Waals surface area contributed by atoms with Gasteiger partial charge in [0.1, 0.15) is 5.75 Å². The van der Waals surface area contributed by atoms with Gasteiger partial charge in [0.05, 0.1) is 23.9 Å². The van der Waals surface area contributed by atoms with E-state index in [0.717, 1.165) is 19.5 Å². The highest BCUT2D eigenvalue weighted by Gasteiger charge is 2.73. The molecule has 0 saturated heterocycles. The first-order valence-corrected chi connectivity index (χ1v) is 12.0. The Hall–Kier alpha value is -4.02. The molecule has 0 radical (unpaired) electrons. The Labute approximate surface area is 238 Å². The highest BCUT2D eigenvalue weighted by Crippen LogP contribution is 2.54. The van der Waals surface area contributed by atoms with E-state index in [1.807, 2.05) is 0 Å². The van der Waals surface area contributed by atoms with Crippen molar-refractivity contribution in [2.45, 2.75) is 31.1 Å². The molecule has 2 aromatic carbocycles. The number of carbonyl (C=O) groups excluding carboxylic acids is 2. The van der Waals surface area contributed by atoms with Gasteiger partial charge >= 0.3 is 24.6 Å². The minimum Gasteiger partial charge on any atom is -0.619 e. The zero-order valence-corrected chi connectivity index (χ0v) is 22.3. The molecule has 3 rings (SSSR count). The third kappa shape index (κ3) is 6.55. The van der Waals surface area contributed by atoms with Crippen LogP contribution in [0.3, 0.4) is 0 Å². The second-order valence-corrected chi connectivity index (χ2v) is 9.21. The molecule has 42 heavy (non-hydrogen) atoms. The Kier molecular flexibility index (Phi) is 9.34. The number of methoxy groups -OCH3 is 1. The summed E-state index contributed by atoms with van der Waals surface area (Å²) in [5.41, 5.74) is -9.03. The Balaban J connectivity index is 2.04. The lowest BCUT2D eigenvalue weighted by Crippen LogP contribution is -2.50. The number of alkyl halides is 9. The number of ketones is 1. The van der Waals surface area contributed by atoms with Crippen LogP contribution in [0, 0.1) is 5.21 Å². The van der Waals surface area contributed by atoms with Crippen molar-refractivity contribution in [1.29, 1.82) is 0 Å². The van der Waals surface area contributed by atoms with Crippen LogP contribution in [0.25, 0.3) is 0 Å². The van der Waals surface area contributed by atoms with Crippen molar-refractivity contribution in [3.63, 3.8) is 0 Å². The standard InChI is InChI=1S/C25H16BrF9N2O5/c1-41-20-14(3-2-4-17(20)36-21(39)12-5-7-37(40)8-6-12)18(38)11-15-16(26)9-13(10-19(15)42-22(27)28)23(29,24(30,31)32)25(33,34)35/h2-10,22H,11H2,1H3,(H,36,39). The lowest BCUT2D eigenvalue weighted by Gasteiger charge is -2.31. The lowest BCUT2D eigenvalue weighted by atomic mass is 9.91. The number of para-hydroxylation sites is 1. The molecule has 3 aromatic rings. The number of aromatic nitrogens is 1. The fraction of sp³-hybridized carbons (Fsp3) is 0.240. The fourth-order valence-electron chi connectivity index (χ4n) is 3.76. The first-order chi connectivity index (χ1) is 19.4. The normalized spacial score (nSPS) is 12.3. The van der Waals surface area contributed by atoms with E-state index >= 15 is 0 Å². The van der Waals surface area contributed by atoms with Crippen molar-refractivity contribution < 1.29 is 63.3 Å². The minimum atomic E-state index is -6.54. The number of anilines is 1. The van der Waals surface area contributed by atoms with Gasteiger partial charge in [-0.2, -0.15) is 39.9 Å². The number of rotatable bonds is 9. The molecule has 7 nitrogen and oxygen atoms in total. The van der Waals surface area contributed by atoms with Gasteiger partial charge in [-0.25, -0.2) is 4.39 Å². The lowest BCUT2D eigenvalue weighted by molar-refractivity contribution is -0.605. The molecule has 0 unspecified atom stereocenters.